The second kappa shape index (κ2) is 5.61. The topological polar surface area (TPSA) is 97.3 Å². The van der Waals surface area contributed by atoms with Gasteiger partial charge in [0.2, 0.25) is 0 Å². The summed E-state index contributed by atoms with van der Waals surface area (Å²) in [6.07, 6.45) is 4.29. The van der Waals surface area contributed by atoms with Gasteiger partial charge in [0, 0.05) is 19.1 Å². The van der Waals surface area contributed by atoms with Crippen LogP contribution >= 0.6 is 15.9 Å². The third-order valence-electron chi connectivity index (χ3n) is 3.92. The fourth-order valence-electron chi connectivity index (χ4n) is 2.75. The van der Waals surface area contributed by atoms with E-state index in [1.54, 1.807) is 10.7 Å². The van der Waals surface area contributed by atoms with E-state index in [1.165, 1.54) is 6.20 Å². The molecule has 8 heteroatoms. The smallest absolute Gasteiger partial charge is 0.252 e. The van der Waals surface area contributed by atoms with Crippen LogP contribution in [0.1, 0.15) is 23.7 Å². The van der Waals surface area contributed by atoms with E-state index in [4.69, 9.17) is 5.73 Å². The fourth-order valence-corrected chi connectivity index (χ4v) is 3.11. The minimum atomic E-state index is -0.509. The number of nitrogens with zero attached hydrogens (tertiary/aromatic N) is 3. The van der Waals surface area contributed by atoms with Gasteiger partial charge in [-0.1, -0.05) is 13.3 Å². The van der Waals surface area contributed by atoms with Crippen molar-refractivity contribution in [3.05, 3.63) is 22.6 Å². The standard InChI is InChI=1S/C13H17BrN6O/c1-2-7-3-16-5-9(7)18-11-8(12(15)21)4-17-20-6-10(14)19-13(11)20/h4,6-7,9,16,18H,2-3,5H2,1H3,(H2,15,21). The lowest BCUT2D eigenvalue weighted by Gasteiger charge is -2.21. The van der Waals surface area contributed by atoms with Crippen LogP contribution in [0.3, 0.4) is 0 Å². The number of anilines is 1. The molecule has 0 spiro atoms. The van der Waals surface area contributed by atoms with Crippen molar-refractivity contribution >= 4 is 33.2 Å². The molecule has 1 aliphatic heterocycles. The van der Waals surface area contributed by atoms with E-state index < -0.39 is 5.91 Å². The first-order valence-electron chi connectivity index (χ1n) is 6.91. The maximum Gasteiger partial charge on any atom is 0.252 e. The summed E-state index contributed by atoms with van der Waals surface area (Å²) in [6.45, 7) is 3.99. The second-order valence-corrected chi connectivity index (χ2v) is 6.02. The number of imidazole rings is 1. The van der Waals surface area contributed by atoms with Crippen molar-refractivity contribution in [2.75, 3.05) is 18.4 Å². The number of fused-ring (bicyclic) bond motifs is 1. The Kier molecular flexibility index (Phi) is 3.81. The van der Waals surface area contributed by atoms with Gasteiger partial charge in [-0.2, -0.15) is 5.10 Å². The summed E-state index contributed by atoms with van der Waals surface area (Å²) >= 11 is 3.33. The molecule has 1 saturated heterocycles. The Labute approximate surface area is 130 Å². The number of primary amides is 1. The monoisotopic (exact) mass is 352 g/mol. The maximum absolute atomic E-state index is 11.7. The van der Waals surface area contributed by atoms with Crippen LogP contribution in [-0.4, -0.2) is 39.6 Å². The number of halogens is 1. The molecule has 1 aliphatic rings. The highest BCUT2D eigenvalue weighted by atomic mass is 79.9. The number of carbonyl (C=O) groups excluding carboxylic acids is 1. The van der Waals surface area contributed by atoms with Gasteiger partial charge in [-0.3, -0.25) is 4.79 Å². The van der Waals surface area contributed by atoms with Crippen molar-refractivity contribution in [1.29, 1.82) is 0 Å². The first-order chi connectivity index (χ1) is 10.1. The quantitative estimate of drug-likeness (QED) is 0.762. The average Bonchev–Trinajstić information content (AvgIpc) is 3.03. The highest BCUT2D eigenvalue weighted by Gasteiger charge is 2.27. The Hall–Kier alpha value is -1.67. The number of hydrogen-bond donors (Lipinski definition) is 3. The molecule has 1 fully saturated rings. The zero-order valence-electron chi connectivity index (χ0n) is 11.6. The third kappa shape index (κ3) is 2.60. The largest absolute Gasteiger partial charge is 0.377 e. The van der Waals surface area contributed by atoms with Crippen LogP contribution in [0.5, 0.6) is 0 Å². The summed E-state index contributed by atoms with van der Waals surface area (Å²) in [7, 11) is 0. The normalized spacial score (nSPS) is 21.8. The first kappa shape index (κ1) is 14.3. The zero-order chi connectivity index (χ0) is 15.0. The van der Waals surface area contributed by atoms with E-state index >= 15 is 0 Å². The Bertz CT molecular complexity index is 685. The second-order valence-electron chi connectivity index (χ2n) is 5.21. The predicted octanol–water partition coefficient (Wildman–Crippen LogP) is 1.00. The van der Waals surface area contributed by atoms with Crippen LogP contribution in [0, 0.1) is 5.92 Å². The lowest BCUT2D eigenvalue weighted by Crippen LogP contribution is -2.30. The van der Waals surface area contributed by atoms with E-state index in [0.717, 1.165) is 19.5 Å². The van der Waals surface area contributed by atoms with Crippen LogP contribution in [-0.2, 0) is 0 Å². The summed E-state index contributed by atoms with van der Waals surface area (Å²) < 4.78 is 2.29. The molecule has 0 bridgehead atoms. The van der Waals surface area contributed by atoms with Gasteiger partial charge in [-0.05, 0) is 21.8 Å². The Morgan fingerprint density at radius 1 is 1.62 bits per heavy atom. The van der Waals surface area contributed by atoms with Crippen molar-refractivity contribution in [2.45, 2.75) is 19.4 Å². The third-order valence-corrected chi connectivity index (χ3v) is 4.30. The van der Waals surface area contributed by atoms with Crippen LogP contribution in [0.25, 0.3) is 5.65 Å². The minimum Gasteiger partial charge on any atom is -0.377 e. The molecule has 2 atom stereocenters. The predicted molar refractivity (Wildman–Crippen MR) is 83.3 cm³/mol. The molecule has 4 N–H and O–H groups in total. The lowest BCUT2D eigenvalue weighted by molar-refractivity contribution is 0.100. The maximum atomic E-state index is 11.7. The number of nitrogens with one attached hydrogen (secondary N) is 2. The Morgan fingerprint density at radius 2 is 2.43 bits per heavy atom. The lowest BCUT2D eigenvalue weighted by atomic mass is 10.0. The molecule has 2 aromatic rings. The van der Waals surface area contributed by atoms with Crippen LogP contribution in [0.2, 0.25) is 0 Å². The van der Waals surface area contributed by atoms with Gasteiger partial charge in [0.15, 0.2) is 5.65 Å². The van der Waals surface area contributed by atoms with Crippen molar-refractivity contribution in [1.82, 2.24) is 19.9 Å². The van der Waals surface area contributed by atoms with Gasteiger partial charge in [0.25, 0.3) is 5.91 Å². The zero-order valence-corrected chi connectivity index (χ0v) is 13.2. The molecule has 0 radical (unpaired) electrons. The summed E-state index contributed by atoms with van der Waals surface area (Å²) in [4.78, 5) is 16.1. The van der Waals surface area contributed by atoms with Crippen LogP contribution in [0.15, 0.2) is 17.0 Å². The number of amides is 1. The van der Waals surface area contributed by atoms with Gasteiger partial charge in [-0.15, -0.1) is 0 Å². The SMILES string of the molecule is CCC1CNCC1Nc1c(C(N)=O)cnn2cc(Br)nc12. The number of nitrogens with two attached hydrogens (primary N) is 1. The van der Waals surface area contributed by atoms with Crippen LogP contribution < -0.4 is 16.4 Å². The Balaban J connectivity index is 2.05. The molecule has 7 nitrogen and oxygen atoms in total. The van der Waals surface area contributed by atoms with Crippen molar-refractivity contribution in [3.63, 3.8) is 0 Å². The number of aromatic nitrogens is 3. The summed E-state index contributed by atoms with van der Waals surface area (Å²) in [5.41, 5.74) is 7.08. The van der Waals surface area contributed by atoms with Crippen LogP contribution in [0.4, 0.5) is 5.69 Å². The van der Waals surface area contributed by atoms with Gasteiger partial charge < -0.3 is 16.4 Å². The van der Waals surface area contributed by atoms with E-state index in [9.17, 15) is 4.79 Å². The number of hydrogen-bond acceptors (Lipinski definition) is 5. The van der Waals surface area contributed by atoms with Gasteiger partial charge in [-0.25, -0.2) is 9.50 Å². The molecule has 0 aliphatic carbocycles. The molecule has 2 unspecified atom stereocenters. The molecule has 2 aromatic heterocycles. The van der Waals surface area contributed by atoms with Crippen molar-refractivity contribution in [3.8, 4) is 0 Å². The highest BCUT2D eigenvalue weighted by molar-refractivity contribution is 9.10. The molecule has 1 amide bonds. The van der Waals surface area contributed by atoms with Gasteiger partial charge >= 0.3 is 0 Å². The van der Waals surface area contributed by atoms with E-state index in [-0.39, 0.29) is 6.04 Å². The van der Waals surface area contributed by atoms with E-state index in [0.29, 0.717) is 27.4 Å². The number of rotatable bonds is 4. The average molecular weight is 353 g/mol. The number of carbonyl (C=O) groups is 1. The van der Waals surface area contributed by atoms with Gasteiger partial charge in [0.05, 0.1) is 23.6 Å². The fraction of sp³-hybridized carbons (Fsp3) is 0.462. The summed E-state index contributed by atoms with van der Waals surface area (Å²) in [5, 5.41) is 11.0. The molecule has 0 aromatic carbocycles. The molecule has 3 heterocycles. The molecule has 3 rings (SSSR count). The van der Waals surface area contributed by atoms with Crippen molar-refractivity contribution in [2.24, 2.45) is 11.7 Å². The summed E-state index contributed by atoms with van der Waals surface area (Å²) in [5.74, 6) is 0.00275. The molecular weight excluding hydrogens is 336 g/mol. The van der Waals surface area contributed by atoms with Gasteiger partial charge in [0.1, 0.15) is 4.60 Å². The molecular formula is C13H17BrN6O. The molecule has 21 heavy (non-hydrogen) atoms. The van der Waals surface area contributed by atoms with Crippen molar-refractivity contribution < 1.29 is 4.79 Å². The van der Waals surface area contributed by atoms with E-state index in [2.05, 4.69) is 43.6 Å². The Morgan fingerprint density at radius 3 is 3.14 bits per heavy atom. The molecule has 0 saturated carbocycles. The minimum absolute atomic E-state index is 0.245. The highest BCUT2D eigenvalue weighted by Crippen LogP contribution is 2.26. The van der Waals surface area contributed by atoms with E-state index in [1.807, 2.05) is 0 Å². The molecule has 112 valence electrons. The first-order valence-corrected chi connectivity index (χ1v) is 7.70. The summed E-state index contributed by atoms with van der Waals surface area (Å²) in [6, 6.07) is 0.245.